The molecule has 104 valence electrons. The summed E-state index contributed by atoms with van der Waals surface area (Å²) >= 11 is 0. The SMILES string of the molecule is CC1(C)c2cc(F)ccc2-c2c1cc(O)c1ccccc21. The highest BCUT2D eigenvalue weighted by Gasteiger charge is 2.37. The van der Waals surface area contributed by atoms with E-state index in [9.17, 15) is 9.50 Å². The van der Waals surface area contributed by atoms with Crippen molar-refractivity contribution in [3.05, 3.63) is 65.5 Å². The molecule has 0 saturated heterocycles. The fraction of sp³-hybridized carbons (Fsp3) is 0.158. The van der Waals surface area contributed by atoms with Crippen molar-refractivity contribution in [2.24, 2.45) is 0 Å². The highest BCUT2D eigenvalue weighted by Crippen LogP contribution is 2.52. The van der Waals surface area contributed by atoms with Crippen molar-refractivity contribution in [2.45, 2.75) is 19.3 Å². The molecular weight excluding hydrogens is 263 g/mol. The maximum atomic E-state index is 13.7. The van der Waals surface area contributed by atoms with Crippen LogP contribution in [0.2, 0.25) is 0 Å². The molecule has 3 aromatic carbocycles. The Hall–Kier alpha value is -2.35. The zero-order valence-corrected chi connectivity index (χ0v) is 11.9. The Balaban J connectivity index is 2.22. The zero-order valence-electron chi connectivity index (χ0n) is 11.9. The summed E-state index contributed by atoms with van der Waals surface area (Å²) in [6, 6.07) is 14.6. The highest BCUT2D eigenvalue weighted by atomic mass is 19.1. The monoisotopic (exact) mass is 278 g/mol. The van der Waals surface area contributed by atoms with Crippen LogP contribution in [-0.4, -0.2) is 5.11 Å². The number of halogens is 1. The lowest BCUT2D eigenvalue weighted by Crippen LogP contribution is -2.15. The van der Waals surface area contributed by atoms with Gasteiger partial charge in [-0.25, -0.2) is 4.39 Å². The van der Waals surface area contributed by atoms with Gasteiger partial charge in [-0.15, -0.1) is 0 Å². The topological polar surface area (TPSA) is 20.2 Å². The second kappa shape index (κ2) is 3.85. The summed E-state index contributed by atoms with van der Waals surface area (Å²) < 4.78 is 13.7. The average molecular weight is 278 g/mol. The number of rotatable bonds is 0. The molecule has 1 aliphatic carbocycles. The van der Waals surface area contributed by atoms with Gasteiger partial charge in [-0.2, -0.15) is 0 Å². The van der Waals surface area contributed by atoms with Crippen LogP contribution in [0.15, 0.2) is 48.5 Å². The summed E-state index contributed by atoms with van der Waals surface area (Å²) in [6.07, 6.45) is 0. The van der Waals surface area contributed by atoms with E-state index in [0.29, 0.717) is 0 Å². The number of hydrogen-bond donors (Lipinski definition) is 1. The Labute approximate surface area is 122 Å². The first-order chi connectivity index (χ1) is 10.00. The van der Waals surface area contributed by atoms with Gasteiger partial charge in [0.25, 0.3) is 0 Å². The molecule has 1 N–H and O–H groups in total. The third-order valence-corrected chi connectivity index (χ3v) is 4.62. The molecule has 0 atom stereocenters. The molecule has 0 aliphatic heterocycles. The summed E-state index contributed by atoms with van der Waals surface area (Å²) in [5.41, 5.74) is 3.90. The maximum Gasteiger partial charge on any atom is 0.123 e. The Kier molecular flexibility index (Phi) is 2.27. The fourth-order valence-corrected chi connectivity index (χ4v) is 3.54. The van der Waals surface area contributed by atoms with Gasteiger partial charge in [0.1, 0.15) is 11.6 Å². The number of aromatic hydroxyl groups is 1. The molecule has 2 heteroatoms. The first kappa shape index (κ1) is 12.4. The van der Waals surface area contributed by atoms with Gasteiger partial charge in [0.15, 0.2) is 0 Å². The molecule has 1 aliphatic rings. The lowest BCUT2D eigenvalue weighted by atomic mass is 9.82. The van der Waals surface area contributed by atoms with Gasteiger partial charge in [0.2, 0.25) is 0 Å². The van der Waals surface area contributed by atoms with E-state index in [1.807, 2.05) is 36.4 Å². The van der Waals surface area contributed by atoms with E-state index >= 15 is 0 Å². The molecule has 3 aromatic rings. The predicted octanol–water partition coefficient (Wildman–Crippen LogP) is 4.99. The molecule has 0 bridgehead atoms. The number of phenols is 1. The van der Waals surface area contributed by atoms with Crippen molar-refractivity contribution in [3.63, 3.8) is 0 Å². The molecule has 0 aromatic heterocycles. The minimum absolute atomic E-state index is 0.219. The van der Waals surface area contributed by atoms with E-state index in [1.165, 1.54) is 6.07 Å². The molecule has 21 heavy (non-hydrogen) atoms. The van der Waals surface area contributed by atoms with Gasteiger partial charge in [-0.3, -0.25) is 0 Å². The van der Waals surface area contributed by atoms with Crippen LogP contribution in [0, 0.1) is 5.82 Å². The largest absolute Gasteiger partial charge is 0.507 e. The van der Waals surface area contributed by atoms with Crippen molar-refractivity contribution < 1.29 is 9.50 Å². The van der Waals surface area contributed by atoms with Crippen LogP contribution < -0.4 is 0 Å². The van der Waals surface area contributed by atoms with Gasteiger partial charge in [-0.1, -0.05) is 44.2 Å². The third-order valence-electron chi connectivity index (χ3n) is 4.62. The number of benzene rings is 3. The summed E-state index contributed by atoms with van der Waals surface area (Å²) in [7, 11) is 0. The smallest absolute Gasteiger partial charge is 0.123 e. The Morgan fingerprint density at radius 3 is 2.38 bits per heavy atom. The molecule has 0 heterocycles. The van der Waals surface area contributed by atoms with Crippen LogP contribution in [0.4, 0.5) is 4.39 Å². The van der Waals surface area contributed by atoms with Crippen LogP contribution in [0.5, 0.6) is 5.75 Å². The van der Waals surface area contributed by atoms with E-state index in [2.05, 4.69) is 13.8 Å². The van der Waals surface area contributed by atoms with Crippen LogP contribution >= 0.6 is 0 Å². The highest BCUT2D eigenvalue weighted by molar-refractivity contribution is 6.04. The Morgan fingerprint density at radius 2 is 1.62 bits per heavy atom. The summed E-state index contributed by atoms with van der Waals surface area (Å²) in [5, 5.41) is 12.2. The fourth-order valence-electron chi connectivity index (χ4n) is 3.54. The summed E-state index contributed by atoms with van der Waals surface area (Å²) in [6.45, 7) is 4.15. The summed E-state index contributed by atoms with van der Waals surface area (Å²) in [5.74, 6) is 0.0638. The van der Waals surface area contributed by atoms with E-state index < -0.39 is 0 Å². The van der Waals surface area contributed by atoms with E-state index in [-0.39, 0.29) is 17.0 Å². The second-order valence-electron chi connectivity index (χ2n) is 6.18. The van der Waals surface area contributed by atoms with Crippen molar-refractivity contribution in [1.29, 1.82) is 0 Å². The van der Waals surface area contributed by atoms with Crippen LogP contribution in [0.25, 0.3) is 21.9 Å². The first-order valence-corrected chi connectivity index (χ1v) is 7.06. The Morgan fingerprint density at radius 1 is 0.905 bits per heavy atom. The predicted molar refractivity (Wildman–Crippen MR) is 83.1 cm³/mol. The second-order valence-corrected chi connectivity index (χ2v) is 6.18. The van der Waals surface area contributed by atoms with E-state index in [1.54, 1.807) is 6.07 Å². The molecule has 0 spiro atoms. The van der Waals surface area contributed by atoms with E-state index in [4.69, 9.17) is 0 Å². The maximum absolute atomic E-state index is 13.7. The van der Waals surface area contributed by atoms with Gasteiger partial charge in [-0.05, 0) is 45.8 Å². The quantitative estimate of drug-likeness (QED) is 0.614. The number of hydrogen-bond acceptors (Lipinski definition) is 1. The van der Waals surface area contributed by atoms with Gasteiger partial charge >= 0.3 is 0 Å². The van der Waals surface area contributed by atoms with Crippen LogP contribution in [0.1, 0.15) is 25.0 Å². The summed E-state index contributed by atoms with van der Waals surface area (Å²) in [4.78, 5) is 0. The molecule has 0 radical (unpaired) electrons. The minimum atomic E-state index is -0.311. The molecule has 0 saturated carbocycles. The van der Waals surface area contributed by atoms with Crippen molar-refractivity contribution in [2.75, 3.05) is 0 Å². The molecule has 0 amide bonds. The van der Waals surface area contributed by atoms with Gasteiger partial charge in [0.05, 0.1) is 0 Å². The molecule has 0 unspecified atom stereocenters. The zero-order chi connectivity index (χ0) is 14.8. The van der Waals surface area contributed by atoms with Crippen molar-refractivity contribution >= 4 is 10.8 Å². The number of fused-ring (bicyclic) bond motifs is 5. The van der Waals surface area contributed by atoms with Crippen molar-refractivity contribution in [3.8, 4) is 16.9 Å². The average Bonchev–Trinajstić information content (AvgIpc) is 2.68. The van der Waals surface area contributed by atoms with E-state index in [0.717, 1.165) is 33.0 Å². The first-order valence-electron chi connectivity index (χ1n) is 7.06. The standard InChI is InChI=1S/C19H15FO/c1-19(2)15-9-11(20)7-8-14(15)18-13-6-4-3-5-12(13)17(21)10-16(18)19/h3-10,21H,1-2H3. The van der Waals surface area contributed by atoms with Gasteiger partial charge < -0.3 is 5.11 Å². The molecule has 1 nitrogen and oxygen atoms in total. The third kappa shape index (κ3) is 1.50. The van der Waals surface area contributed by atoms with Gasteiger partial charge in [0, 0.05) is 10.8 Å². The van der Waals surface area contributed by atoms with Crippen molar-refractivity contribution in [1.82, 2.24) is 0 Å². The Bertz CT molecular complexity index is 893. The molecule has 0 fully saturated rings. The molecular formula is C19H15FO. The van der Waals surface area contributed by atoms with Crippen LogP contribution in [0.3, 0.4) is 0 Å². The number of phenolic OH excluding ortho intramolecular Hbond substituents is 1. The molecule has 4 rings (SSSR count). The lowest BCUT2D eigenvalue weighted by molar-refractivity contribution is 0.479. The lowest BCUT2D eigenvalue weighted by Gasteiger charge is -2.22. The van der Waals surface area contributed by atoms with Crippen LogP contribution in [-0.2, 0) is 5.41 Å². The normalized spacial score (nSPS) is 15.0. The minimum Gasteiger partial charge on any atom is -0.507 e.